The van der Waals surface area contributed by atoms with Crippen LogP contribution in [0.4, 0.5) is 8.78 Å². The third-order valence-electron chi connectivity index (χ3n) is 2.61. The van der Waals surface area contributed by atoms with Gasteiger partial charge in [-0.2, -0.15) is 0 Å². The zero-order valence-electron chi connectivity index (χ0n) is 7.49. The van der Waals surface area contributed by atoms with Crippen molar-refractivity contribution in [2.45, 2.75) is 33.6 Å². The van der Waals surface area contributed by atoms with Crippen LogP contribution in [0.5, 0.6) is 0 Å². The molecule has 0 bridgehead atoms. The molecule has 0 saturated heterocycles. The first-order chi connectivity index (χ1) is 4.75. The molecule has 0 saturated carbocycles. The molecule has 0 aliphatic rings. The molecule has 3 heteroatoms. The fourth-order valence-electron chi connectivity index (χ4n) is 0.828. The highest BCUT2D eigenvalue weighted by Crippen LogP contribution is 2.41. The van der Waals surface area contributed by atoms with Crippen molar-refractivity contribution in [3.05, 3.63) is 0 Å². The van der Waals surface area contributed by atoms with Gasteiger partial charge in [-0.1, -0.05) is 20.8 Å². The van der Waals surface area contributed by atoms with Crippen LogP contribution in [0.1, 0.15) is 27.7 Å². The number of aliphatic hydroxyl groups is 1. The SMILES string of the molecule is CC(C)[C@](C)(CO)C(C)(F)F. The van der Waals surface area contributed by atoms with Crippen molar-refractivity contribution in [2.75, 3.05) is 6.61 Å². The molecule has 0 aromatic rings. The molecule has 0 amide bonds. The summed E-state index contributed by atoms with van der Waals surface area (Å²) in [6.07, 6.45) is 0. The maximum absolute atomic E-state index is 12.9. The quantitative estimate of drug-likeness (QED) is 0.682. The maximum atomic E-state index is 12.9. The lowest BCUT2D eigenvalue weighted by molar-refractivity contribution is -0.142. The molecular formula is C8H16F2O. The van der Waals surface area contributed by atoms with E-state index in [1.165, 1.54) is 6.92 Å². The van der Waals surface area contributed by atoms with Crippen molar-refractivity contribution >= 4 is 0 Å². The fraction of sp³-hybridized carbons (Fsp3) is 1.00. The van der Waals surface area contributed by atoms with Gasteiger partial charge in [-0.15, -0.1) is 0 Å². The lowest BCUT2D eigenvalue weighted by atomic mass is 9.75. The molecule has 68 valence electrons. The molecule has 0 rings (SSSR count). The van der Waals surface area contributed by atoms with E-state index in [-0.39, 0.29) is 5.92 Å². The molecule has 0 aromatic heterocycles. The summed E-state index contributed by atoms with van der Waals surface area (Å²) in [6.45, 7) is 5.15. The third kappa shape index (κ3) is 1.89. The van der Waals surface area contributed by atoms with Crippen LogP contribution in [-0.2, 0) is 0 Å². The number of halogens is 2. The van der Waals surface area contributed by atoms with Crippen molar-refractivity contribution in [3.63, 3.8) is 0 Å². The number of aliphatic hydroxyl groups excluding tert-OH is 1. The minimum Gasteiger partial charge on any atom is -0.396 e. The van der Waals surface area contributed by atoms with Gasteiger partial charge in [0, 0.05) is 0 Å². The Kier molecular flexibility index (Phi) is 3.00. The van der Waals surface area contributed by atoms with Gasteiger partial charge in [-0.3, -0.25) is 0 Å². The Labute approximate surface area is 66.4 Å². The van der Waals surface area contributed by atoms with Gasteiger partial charge in [0.2, 0.25) is 0 Å². The first-order valence-electron chi connectivity index (χ1n) is 3.74. The van der Waals surface area contributed by atoms with Crippen molar-refractivity contribution in [2.24, 2.45) is 11.3 Å². The van der Waals surface area contributed by atoms with Crippen LogP contribution in [0.3, 0.4) is 0 Å². The van der Waals surface area contributed by atoms with E-state index in [1.807, 2.05) is 0 Å². The molecule has 1 atom stereocenters. The standard InChI is InChI=1S/C8H16F2O/c1-6(2)7(3,5-11)8(4,9)10/h6,11H,5H2,1-4H3/t7-/m0/s1. The van der Waals surface area contributed by atoms with Gasteiger partial charge in [-0.05, 0) is 12.8 Å². The molecule has 1 N–H and O–H groups in total. The highest BCUT2D eigenvalue weighted by Gasteiger charge is 2.47. The molecule has 11 heavy (non-hydrogen) atoms. The zero-order valence-corrected chi connectivity index (χ0v) is 7.49. The number of hydrogen-bond acceptors (Lipinski definition) is 1. The molecule has 1 nitrogen and oxygen atoms in total. The molecule has 0 radical (unpaired) electrons. The summed E-state index contributed by atoms with van der Waals surface area (Å²) in [5.41, 5.74) is -1.30. The lowest BCUT2D eigenvalue weighted by Crippen LogP contribution is -2.43. The van der Waals surface area contributed by atoms with E-state index >= 15 is 0 Å². The number of alkyl halides is 2. The van der Waals surface area contributed by atoms with Crippen molar-refractivity contribution in [1.29, 1.82) is 0 Å². The van der Waals surface area contributed by atoms with E-state index < -0.39 is 17.9 Å². The molecule has 0 aliphatic heterocycles. The Morgan fingerprint density at radius 1 is 1.27 bits per heavy atom. The monoisotopic (exact) mass is 166 g/mol. The number of hydrogen-bond donors (Lipinski definition) is 1. The van der Waals surface area contributed by atoms with E-state index in [0.29, 0.717) is 0 Å². The molecule has 0 fully saturated rings. The van der Waals surface area contributed by atoms with Gasteiger partial charge in [0.25, 0.3) is 5.92 Å². The Balaban J connectivity index is 4.61. The highest BCUT2D eigenvalue weighted by atomic mass is 19.3. The number of rotatable bonds is 3. The summed E-state index contributed by atoms with van der Waals surface area (Å²) in [6, 6.07) is 0. The van der Waals surface area contributed by atoms with Crippen LogP contribution >= 0.6 is 0 Å². The minimum absolute atomic E-state index is 0.229. The Morgan fingerprint density at radius 3 is 1.64 bits per heavy atom. The minimum atomic E-state index is -2.82. The summed E-state index contributed by atoms with van der Waals surface area (Å²) < 4.78 is 25.7. The van der Waals surface area contributed by atoms with E-state index in [0.717, 1.165) is 6.92 Å². The van der Waals surface area contributed by atoms with Gasteiger partial charge in [0.05, 0.1) is 12.0 Å². The van der Waals surface area contributed by atoms with E-state index in [2.05, 4.69) is 0 Å². The van der Waals surface area contributed by atoms with E-state index in [4.69, 9.17) is 5.11 Å². The van der Waals surface area contributed by atoms with Crippen molar-refractivity contribution < 1.29 is 13.9 Å². The second-order valence-corrected chi connectivity index (χ2v) is 3.62. The largest absolute Gasteiger partial charge is 0.396 e. The summed E-state index contributed by atoms with van der Waals surface area (Å²) in [5, 5.41) is 8.81. The Morgan fingerprint density at radius 2 is 1.64 bits per heavy atom. The fourth-order valence-corrected chi connectivity index (χ4v) is 0.828. The van der Waals surface area contributed by atoms with Gasteiger partial charge in [0.1, 0.15) is 0 Å². The summed E-state index contributed by atoms with van der Waals surface area (Å²) in [7, 11) is 0. The average molecular weight is 166 g/mol. The van der Waals surface area contributed by atoms with E-state index in [1.54, 1.807) is 13.8 Å². The van der Waals surface area contributed by atoms with Gasteiger partial charge < -0.3 is 5.11 Å². The summed E-state index contributed by atoms with van der Waals surface area (Å²) >= 11 is 0. The van der Waals surface area contributed by atoms with Gasteiger partial charge >= 0.3 is 0 Å². The topological polar surface area (TPSA) is 20.2 Å². The molecule has 0 unspecified atom stereocenters. The first kappa shape index (κ1) is 10.8. The van der Waals surface area contributed by atoms with Crippen LogP contribution in [0.25, 0.3) is 0 Å². The Hall–Kier alpha value is -0.180. The van der Waals surface area contributed by atoms with Crippen LogP contribution in [-0.4, -0.2) is 17.6 Å². The van der Waals surface area contributed by atoms with Crippen LogP contribution in [0.15, 0.2) is 0 Å². The van der Waals surface area contributed by atoms with Crippen LogP contribution < -0.4 is 0 Å². The van der Waals surface area contributed by atoms with Gasteiger partial charge in [-0.25, -0.2) is 8.78 Å². The molecule has 0 spiro atoms. The van der Waals surface area contributed by atoms with Crippen LogP contribution in [0.2, 0.25) is 0 Å². The molecule has 0 aromatic carbocycles. The van der Waals surface area contributed by atoms with Crippen molar-refractivity contribution in [1.82, 2.24) is 0 Å². The predicted molar refractivity (Wildman–Crippen MR) is 40.7 cm³/mol. The average Bonchev–Trinajstić information content (AvgIpc) is 1.83. The predicted octanol–water partition coefficient (Wildman–Crippen LogP) is 2.30. The maximum Gasteiger partial charge on any atom is 0.253 e. The van der Waals surface area contributed by atoms with Crippen molar-refractivity contribution in [3.8, 4) is 0 Å². The Bertz CT molecular complexity index is 129. The summed E-state index contributed by atoms with van der Waals surface area (Å²) in [4.78, 5) is 0. The molecule has 0 heterocycles. The highest BCUT2D eigenvalue weighted by molar-refractivity contribution is 4.87. The molecular weight excluding hydrogens is 150 g/mol. The second kappa shape index (κ2) is 3.05. The first-order valence-corrected chi connectivity index (χ1v) is 3.74. The lowest BCUT2D eigenvalue weighted by Gasteiger charge is -2.37. The smallest absolute Gasteiger partial charge is 0.253 e. The normalized spacial score (nSPS) is 18.5. The zero-order chi connectivity index (χ0) is 9.28. The molecule has 0 aliphatic carbocycles. The summed E-state index contributed by atoms with van der Waals surface area (Å²) in [5.74, 6) is -3.05. The second-order valence-electron chi connectivity index (χ2n) is 3.62. The van der Waals surface area contributed by atoms with Crippen LogP contribution in [0, 0.1) is 11.3 Å². The van der Waals surface area contributed by atoms with E-state index in [9.17, 15) is 8.78 Å². The third-order valence-corrected chi connectivity index (χ3v) is 2.61. The van der Waals surface area contributed by atoms with Gasteiger partial charge in [0.15, 0.2) is 0 Å².